The zero-order chi connectivity index (χ0) is 27.8. The smallest absolute Gasteiger partial charge is 0.253 e. The number of primary amides is 1. The van der Waals surface area contributed by atoms with E-state index >= 15 is 0 Å². The molecule has 12 nitrogen and oxygen atoms in total. The van der Waals surface area contributed by atoms with Crippen LogP contribution in [0.25, 0.3) is 11.0 Å². The predicted molar refractivity (Wildman–Crippen MR) is 147 cm³/mol. The number of nitrogens with one attached hydrogen (secondary N) is 3. The van der Waals surface area contributed by atoms with Gasteiger partial charge >= 0.3 is 0 Å². The van der Waals surface area contributed by atoms with Gasteiger partial charge in [0.05, 0.1) is 35.8 Å². The molecule has 2 aromatic carbocycles. The van der Waals surface area contributed by atoms with Crippen molar-refractivity contribution in [1.82, 2.24) is 24.5 Å². The van der Waals surface area contributed by atoms with E-state index in [0.717, 1.165) is 17.3 Å². The summed E-state index contributed by atoms with van der Waals surface area (Å²) in [6, 6.07) is 9.64. The molecular formula is C27H24FN9O3. The number of rotatable bonds is 8. The highest BCUT2D eigenvalue weighted by Gasteiger charge is 2.27. The fourth-order valence-electron chi connectivity index (χ4n) is 4.78. The summed E-state index contributed by atoms with van der Waals surface area (Å²) >= 11 is 0. The molecule has 5 aromatic rings. The molecule has 0 aliphatic carbocycles. The lowest BCUT2D eigenvalue weighted by molar-refractivity contribution is -0.119. The predicted octanol–water partition coefficient (Wildman–Crippen LogP) is 3.48. The van der Waals surface area contributed by atoms with Crippen LogP contribution in [0, 0.1) is 5.82 Å². The number of nitrogens with two attached hydrogens (primary N) is 1. The van der Waals surface area contributed by atoms with Crippen LogP contribution >= 0.6 is 0 Å². The van der Waals surface area contributed by atoms with Crippen molar-refractivity contribution in [2.45, 2.75) is 13.0 Å². The molecule has 0 fully saturated rings. The normalized spacial score (nSPS) is 12.4. The molecule has 0 saturated carbocycles. The van der Waals surface area contributed by atoms with Gasteiger partial charge in [0.15, 0.2) is 0 Å². The summed E-state index contributed by atoms with van der Waals surface area (Å²) in [6.07, 6.45) is 7.36. The van der Waals surface area contributed by atoms with E-state index in [1.807, 2.05) is 12.1 Å². The molecule has 5 N–H and O–H groups in total. The van der Waals surface area contributed by atoms with Gasteiger partial charge in [-0.15, -0.1) is 0 Å². The molecule has 1 aliphatic rings. The number of hydrogen-bond acceptors (Lipinski definition) is 8. The maximum atomic E-state index is 14.4. The molecule has 4 heterocycles. The van der Waals surface area contributed by atoms with Crippen LogP contribution in [0.15, 0.2) is 61.3 Å². The summed E-state index contributed by atoms with van der Waals surface area (Å²) in [4.78, 5) is 42.9. The third-order valence-electron chi connectivity index (χ3n) is 6.65. The summed E-state index contributed by atoms with van der Waals surface area (Å²) in [5.41, 5.74) is 8.10. The van der Waals surface area contributed by atoms with Crippen LogP contribution in [-0.4, -0.2) is 50.0 Å². The van der Waals surface area contributed by atoms with E-state index in [1.54, 1.807) is 47.6 Å². The third kappa shape index (κ3) is 4.53. The SMILES string of the molecule is COc1cc2c(cc1Nc1nc(Nc3cccc(F)c3C(N)=O)c3cc[nH]c3n1)N(C(=O)Cn1ccnc1)CC2. The fraction of sp³-hybridized carbons (Fsp3) is 0.148. The Morgan fingerprint density at radius 1 is 1.18 bits per heavy atom. The Bertz CT molecular complexity index is 1750. The molecule has 202 valence electrons. The number of anilines is 5. The highest BCUT2D eigenvalue weighted by Crippen LogP contribution is 2.39. The second-order valence-corrected chi connectivity index (χ2v) is 9.12. The van der Waals surface area contributed by atoms with Gasteiger partial charge in [-0.1, -0.05) is 6.07 Å². The maximum Gasteiger partial charge on any atom is 0.253 e. The van der Waals surface area contributed by atoms with E-state index in [1.165, 1.54) is 12.1 Å². The number of hydrogen-bond donors (Lipinski definition) is 4. The number of nitrogens with zero attached hydrogens (tertiary/aromatic N) is 5. The average molecular weight is 542 g/mol. The van der Waals surface area contributed by atoms with Crippen LogP contribution in [-0.2, 0) is 17.8 Å². The van der Waals surface area contributed by atoms with Gasteiger partial charge in [0.2, 0.25) is 11.9 Å². The molecule has 0 radical (unpaired) electrons. The summed E-state index contributed by atoms with van der Waals surface area (Å²) in [5, 5.41) is 6.82. The lowest BCUT2D eigenvalue weighted by Gasteiger charge is -2.20. The molecular weight excluding hydrogens is 517 g/mol. The van der Waals surface area contributed by atoms with E-state index in [4.69, 9.17) is 10.5 Å². The Balaban J connectivity index is 1.34. The summed E-state index contributed by atoms with van der Waals surface area (Å²) in [7, 11) is 1.56. The average Bonchev–Trinajstić information content (AvgIpc) is 3.69. The first-order chi connectivity index (χ1) is 19.4. The highest BCUT2D eigenvalue weighted by atomic mass is 19.1. The van der Waals surface area contributed by atoms with Crippen molar-refractivity contribution >= 4 is 51.7 Å². The summed E-state index contributed by atoms with van der Waals surface area (Å²) in [6.45, 7) is 0.716. The van der Waals surface area contributed by atoms with Crippen molar-refractivity contribution in [3.63, 3.8) is 0 Å². The number of fused-ring (bicyclic) bond motifs is 2. The first kappa shape index (κ1) is 24.9. The quantitative estimate of drug-likeness (QED) is 0.233. The minimum atomic E-state index is -0.909. The second kappa shape index (κ2) is 10.0. The van der Waals surface area contributed by atoms with Gasteiger partial charge in [0.1, 0.15) is 29.6 Å². The van der Waals surface area contributed by atoms with E-state index in [9.17, 15) is 14.0 Å². The van der Waals surface area contributed by atoms with Gasteiger partial charge < -0.3 is 35.6 Å². The monoisotopic (exact) mass is 541 g/mol. The van der Waals surface area contributed by atoms with Crippen molar-refractivity contribution in [1.29, 1.82) is 0 Å². The number of aromatic nitrogens is 5. The molecule has 0 unspecified atom stereocenters. The zero-order valence-electron chi connectivity index (χ0n) is 21.3. The van der Waals surface area contributed by atoms with Gasteiger partial charge in [-0.2, -0.15) is 9.97 Å². The van der Waals surface area contributed by atoms with Gasteiger partial charge in [0.25, 0.3) is 5.91 Å². The van der Waals surface area contributed by atoms with Crippen LogP contribution in [0.1, 0.15) is 15.9 Å². The van der Waals surface area contributed by atoms with Gasteiger partial charge in [-0.25, -0.2) is 9.37 Å². The number of amides is 2. The zero-order valence-corrected chi connectivity index (χ0v) is 21.3. The van der Waals surface area contributed by atoms with Crippen LogP contribution in [0.2, 0.25) is 0 Å². The number of aromatic amines is 1. The largest absolute Gasteiger partial charge is 0.495 e. The second-order valence-electron chi connectivity index (χ2n) is 9.12. The third-order valence-corrected chi connectivity index (χ3v) is 6.65. The van der Waals surface area contributed by atoms with Crippen LogP contribution in [0.3, 0.4) is 0 Å². The maximum absolute atomic E-state index is 14.4. The first-order valence-electron chi connectivity index (χ1n) is 12.4. The lowest BCUT2D eigenvalue weighted by Crippen LogP contribution is -2.32. The Labute approximate surface area is 227 Å². The summed E-state index contributed by atoms with van der Waals surface area (Å²) in [5.74, 6) is -0.656. The molecule has 2 amide bonds. The Morgan fingerprint density at radius 3 is 2.83 bits per heavy atom. The topological polar surface area (TPSA) is 156 Å². The van der Waals surface area contributed by atoms with Crippen LogP contribution < -0.4 is 26.0 Å². The Morgan fingerprint density at radius 2 is 2.05 bits per heavy atom. The molecule has 0 atom stereocenters. The van der Waals surface area contributed by atoms with Crippen molar-refractivity contribution in [3.8, 4) is 5.75 Å². The van der Waals surface area contributed by atoms with Gasteiger partial charge in [0, 0.05) is 30.8 Å². The molecule has 13 heteroatoms. The number of imidazole rings is 1. The molecule has 0 bridgehead atoms. The summed E-state index contributed by atoms with van der Waals surface area (Å²) < 4.78 is 21.7. The number of H-pyrrole nitrogens is 1. The van der Waals surface area contributed by atoms with Gasteiger partial charge in [-0.3, -0.25) is 9.59 Å². The number of ether oxygens (including phenoxy) is 1. The molecule has 0 spiro atoms. The Hall–Kier alpha value is -5.46. The Kier molecular flexibility index (Phi) is 6.22. The number of carbonyl (C=O) groups excluding carboxylic acids is 2. The van der Waals surface area contributed by atoms with Crippen LogP contribution in [0.4, 0.5) is 33.2 Å². The van der Waals surface area contributed by atoms with Crippen molar-refractivity contribution in [2.24, 2.45) is 5.73 Å². The number of carbonyl (C=O) groups is 2. The minimum absolute atomic E-state index is 0.0660. The van der Waals surface area contributed by atoms with Gasteiger partial charge in [-0.05, 0) is 42.3 Å². The molecule has 40 heavy (non-hydrogen) atoms. The van der Waals surface area contributed by atoms with Crippen molar-refractivity contribution in [2.75, 3.05) is 29.2 Å². The molecule has 0 saturated heterocycles. The van der Waals surface area contributed by atoms with E-state index in [2.05, 4.69) is 30.6 Å². The number of halogens is 1. The number of methoxy groups -OCH3 is 1. The van der Waals surface area contributed by atoms with E-state index in [0.29, 0.717) is 41.3 Å². The minimum Gasteiger partial charge on any atom is -0.495 e. The first-order valence-corrected chi connectivity index (χ1v) is 12.4. The molecule has 1 aliphatic heterocycles. The lowest BCUT2D eigenvalue weighted by atomic mass is 10.1. The fourth-order valence-corrected chi connectivity index (χ4v) is 4.78. The molecule has 6 rings (SSSR count). The van der Waals surface area contributed by atoms with Crippen molar-refractivity contribution in [3.05, 3.63) is 78.3 Å². The van der Waals surface area contributed by atoms with E-state index in [-0.39, 0.29) is 29.7 Å². The van der Waals surface area contributed by atoms with Crippen LogP contribution in [0.5, 0.6) is 5.75 Å². The van der Waals surface area contributed by atoms with E-state index < -0.39 is 11.7 Å². The van der Waals surface area contributed by atoms with Crippen molar-refractivity contribution < 1.29 is 18.7 Å². The standard InChI is InChI=1S/C27H24FN9O3/c1-40-21-11-15-6-9-37(22(38)13-36-10-8-30-14-36)20(15)12-19(21)33-27-34-25-16(5-7-31-25)26(35-27)32-18-4-2-3-17(28)23(18)24(29)39/h2-5,7-8,10-12,14H,6,9,13H2,1H3,(H2,29,39)(H3,31,32,33,34,35). The number of benzene rings is 2. The highest BCUT2D eigenvalue weighted by molar-refractivity contribution is 6.01. The molecule has 3 aromatic heterocycles.